The summed E-state index contributed by atoms with van der Waals surface area (Å²) in [5, 5.41) is 19.8. The summed E-state index contributed by atoms with van der Waals surface area (Å²) < 4.78 is 43.9. The number of carbonyl (C=O) groups is 1. The van der Waals surface area contributed by atoms with Crippen molar-refractivity contribution in [3.05, 3.63) is 34.4 Å². The van der Waals surface area contributed by atoms with Crippen molar-refractivity contribution in [3.8, 4) is 5.75 Å². The van der Waals surface area contributed by atoms with Gasteiger partial charge in [0.05, 0.1) is 16.8 Å². The van der Waals surface area contributed by atoms with Gasteiger partial charge in [-0.25, -0.2) is 0 Å². The van der Waals surface area contributed by atoms with E-state index >= 15 is 0 Å². The van der Waals surface area contributed by atoms with Gasteiger partial charge in [-0.1, -0.05) is 12.1 Å². The average molecular weight is 348 g/mol. The molecule has 0 saturated carbocycles. The summed E-state index contributed by atoms with van der Waals surface area (Å²) in [6.45, 7) is -0.704. The second-order valence-corrected chi connectivity index (χ2v) is 5.43. The second-order valence-electron chi connectivity index (χ2n) is 5.43. The van der Waals surface area contributed by atoms with E-state index in [9.17, 15) is 28.1 Å². The Bertz CT molecular complexity index is 623. The third-order valence-corrected chi connectivity index (χ3v) is 3.86. The van der Waals surface area contributed by atoms with Crippen molar-refractivity contribution in [2.75, 3.05) is 26.2 Å². The fourth-order valence-electron chi connectivity index (χ4n) is 2.66. The van der Waals surface area contributed by atoms with Crippen LogP contribution in [0.1, 0.15) is 0 Å². The first-order valence-electron chi connectivity index (χ1n) is 7.08. The molecule has 0 spiro atoms. The standard InChI is InChI=1S/C14H15F3N2O5/c15-14(16,17)10-8-18(7-9(10)13(20)21)5-6-24-12-4-2-1-3-11(12)19(22)23/h1-4,9-10H,5-8H2,(H,20,21)/t9-,10-/m1/s1. The molecule has 7 nitrogen and oxygen atoms in total. The molecule has 10 heteroatoms. The Hall–Kier alpha value is -2.36. The van der Waals surface area contributed by atoms with Crippen LogP contribution >= 0.6 is 0 Å². The molecule has 1 aromatic carbocycles. The number of aliphatic carboxylic acids is 1. The number of nitro benzene ring substituents is 1. The van der Waals surface area contributed by atoms with E-state index in [1.54, 1.807) is 6.07 Å². The van der Waals surface area contributed by atoms with E-state index in [4.69, 9.17) is 9.84 Å². The van der Waals surface area contributed by atoms with Gasteiger partial charge in [0.25, 0.3) is 0 Å². The quantitative estimate of drug-likeness (QED) is 0.626. The van der Waals surface area contributed by atoms with Gasteiger partial charge in [-0.2, -0.15) is 13.2 Å². The Morgan fingerprint density at radius 3 is 2.58 bits per heavy atom. The van der Waals surface area contributed by atoms with Crippen LogP contribution < -0.4 is 4.74 Å². The predicted molar refractivity (Wildman–Crippen MR) is 75.7 cm³/mol. The maximum absolute atomic E-state index is 12.9. The molecular weight excluding hydrogens is 333 g/mol. The van der Waals surface area contributed by atoms with Crippen molar-refractivity contribution in [1.82, 2.24) is 4.90 Å². The highest BCUT2D eigenvalue weighted by atomic mass is 19.4. The summed E-state index contributed by atoms with van der Waals surface area (Å²) in [4.78, 5) is 22.5. The summed E-state index contributed by atoms with van der Waals surface area (Å²) in [5.74, 6) is -4.92. The molecule has 0 aliphatic carbocycles. The predicted octanol–water partition coefficient (Wildman–Crippen LogP) is 2.17. The number of likely N-dealkylation sites (tertiary alicyclic amines) is 1. The van der Waals surface area contributed by atoms with Crippen LogP contribution in [0, 0.1) is 22.0 Å². The van der Waals surface area contributed by atoms with Gasteiger partial charge in [0.1, 0.15) is 6.61 Å². The normalized spacial score (nSPS) is 21.6. The number of nitro groups is 1. The zero-order chi connectivity index (χ0) is 17.9. The maximum atomic E-state index is 12.9. The molecule has 1 aliphatic heterocycles. The van der Waals surface area contributed by atoms with Gasteiger partial charge >= 0.3 is 17.8 Å². The Morgan fingerprint density at radius 2 is 2.04 bits per heavy atom. The lowest BCUT2D eigenvalue weighted by Crippen LogP contribution is -2.33. The number of nitrogens with zero attached hydrogens (tertiary/aromatic N) is 2. The van der Waals surface area contributed by atoms with Crippen LogP contribution in [0.5, 0.6) is 5.75 Å². The Labute approximate surface area is 134 Å². The second kappa shape index (κ2) is 7.04. The van der Waals surface area contributed by atoms with Gasteiger partial charge in [-0.15, -0.1) is 0 Å². The number of hydrogen-bond acceptors (Lipinski definition) is 5. The highest BCUT2D eigenvalue weighted by Crippen LogP contribution is 2.37. The fraction of sp³-hybridized carbons (Fsp3) is 0.500. The van der Waals surface area contributed by atoms with Crippen LogP contribution in [-0.4, -0.2) is 53.3 Å². The van der Waals surface area contributed by atoms with E-state index in [-0.39, 0.29) is 31.1 Å². The monoisotopic (exact) mass is 348 g/mol. The van der Waals surface area contributed by atoms with Crippen LogP contribution in [0.15, 0.2) is 24.3 Å². The fourth-order valence-corrected chi connectivity index (χ4v) is 2.66. The van der Waals surface area contributed by atoms with Crippen LogP contribution in [0.2, 0.25) is 0 Å². The number of ether oxygens (including phenoxy) is 1. The molecule has 2 rings (SSSR count). The van der Waals surface area contributed by atoms with Gasteiger partial charge in [0.2, 0.25) is 0 Å². The number of alkyl halides is 3. The Morgan fingerprint density at radius 1 is 1.38 bits per heavy atom. The molecule has 1 heterocycles. The van der Waals surface area contributed by atoms with Gasteiger partial charge < -0.3 is 9.84 Å². The molecule has 0 aromatic heterocycles. The molecule has 0 unspecified atom stereocenters. The molecule has 1 aliphatic rings. The van der Waals surface area contributed by atoms with E-state index in [1.807, 2.05) is 0 Å². The molecule has 2 atom stereocenters. The van der Waals surface area contributed by atoms with Crippen molar-refractivity contribution in [3.63, 3.8) is 0 Å². The zero-order valence-corrected chi connectivity index (χ0v) is 12.4. The number of hydrogen-bond donors (Lipinski definition) is 1. The van der Waals surface area contributed by atoms with Crippen molar-refractivity contribution in [2.45, 2.75) is 6.18 Å². The highest BCUT2D eigenvalue weighted by Gasteiger charge is 2.52. The number of carboxylic acids is 1. The topological polar surface area (TPSA) is 92.9 Å². The lowest BCUT2D eigenvalue weighted by atomic mass is 9.96. The molecule has 1 aromatic rings. The summed E-state index contributed by atoms with van der Waals surface area (Å²) in [6.07, 6.45) is -4.59. The van der Waals surface area contributed by atoms with Crippen LogP contribution in [0.4, 0.5) is 18.9 Å². The first-order chi connectivity index (χ1) is 11.2. The summed E-state index contributed by atoms with van der Waals surface area (Å²) in [7, 11) is 0. The molecule has 0 amide bonds. The Kier molecular flexibility index (Phi) is 5.27. The lowest BCUT2D eigenvalue weighted by Gasteiger charge is -2.18. The smallest absolute Gasteiger partial charge is 0.393 e. The van der Waals surface area contributed by atoms with Gasteiger partial charge in [0, 0.05) is 25.7 Å². The van der Waals surface area contributed by atoms with E-state index in [1.165, 1.54) is 23.1 Å². The molecule has 0 radical (unpaired) electrons. The number of para-hydroxylation sites is 2. The number of halogens is 3. The van der Waals surface area contributed by atoms with Crippen molar-refractivity contribution in [1.29, 1.82) is 0 Å². The molecule has 24 heavy (non-hydrogen) atoms. The number of benzene rings is 1. The third-order valence-electron chi connectivity index (χ3n) is 3.86. The van der Waals surface area contributed by atoms with E-state index < -0.39 is 35.4 Å². The van der Waals surface area contributed by atoms with E-state index in [0.29, 0.717) is 0 Å². The minimum atomic E-state index is -4.59. The first-order valence-corrected chi connectivity index (χ1v) is 7.08. The van der Waals surface area contributed by atoms with E-state index in [2.05, 4.69) is 0 Å². The SMILES string of the molecule is O=C(O)[C@@H]1CN(CCOc2ccccc2[N+](=O)[O-])C[C@H]1C(F)(F)F. The maximum Gasteiger partial charge on any atom is 0.393 e. The third kappa shape index (κ3) is 4.13. The first kappa shape index (κ1) is 18.0. The summed E-state index contributed by atoms with van der Waals surface area (Å²) in [6, 6.07) is 5.65. The zero-order valence-electron chi connectivity index (χ0n) is 12.4. The molecule has 132 valence electrons. The van der Waals surface area contributed by atoms with Crippen molar-refractivity contribution >= 4 is 11.7 Å². The minimum absolute atomic E-state index is 0.0175. The van der Waals surface area contributed by atoms with Crippen molar-refractivity contribution < 1.29 is 32.7 Å². The minimum Gasteiger partial charge on any atom is -0.485 e. The highest BCUT2D eigenvalue weighted by molar-refractivity contribution is 5.71. The summed E-state index contributed by atoms with van der Waals surface area (Å²) >= 11 is 0. The van der Waals surface area contributed by atoms with Gasteiger partial charge in [-0.05, 0) is 6.07 Å². The van der Waals surface area contributed by atoms with Crippen LogP contribution in [-0.2, 0) is 4.79 Å². The summed E-state index contributed by atoms with van der Waals surface area (Å²) in [5.41, 5.74) is -0.240. The molecule has 1 N–H and O–H groups in total. The van der Waals surface area contributed by atoms with Crippen molar-refractivity contribution in [2.24, 2.45) is 11.8 Å². The molecular formula is C14H15F3N2O5. The molecule has 0 bridgehead atoms. The Balaban J connectivity index is 1.94. The number of carboxylic acid groups (broad SMARTS) is 1. The largest absolute Gasteiger partial charge is 0.485 e. The van der Waals surface area contributed by atoms with Gasteiger partial charge in [0.15, 0.2) is 5.75 Å². The molecule has 1 fully saturated rings. The molecule has 1 saturated heterocycles. The average Bonchev–Trinajstić information content (AvgIpc) is 2.92. The van der Waals surface area contributed by atoms with E-state index in [0.717, 1.165) is 0 Å². The van der Waals surface area contributed by atoms with Crippen LogP contribution in [0.3, 0.4) is 0 Å². The lowest BCUT2D eigenvalue weighted by molar-refractivity contribution is -0.385. The van der Waals surface area contributed by atoms with Crippen LogP contribution in [0.25, 0.3) is 0 Å². The van der Waals surface area contributed by atoms with Gasteiger partial charge in [-0.3, -0.25) is 19.8 Å². The number of rotatable bonds is 6.